The Labute approximate surface area is 128 Å². The Hall–Kier alpha value is -1.13. The van der Waals surface area contributed by atoms with E-state index in [9.17, 15) is 4.79 Å². The maximum absolute atomic E-state index is 11.4. The number of carbonyl (C=O) groups is 1. The predicted molar refractivity (Wildman–Crippen MR) is 84.1 cm³/mol. The SMILES string of the molecule is CC(=O)ON1C(C)(C)C(Br)=C(c2ccccc2)C1(C)C. The highest BCUT2D eigenvalue weighted by Crippen LogP contribution is 2.51. The second kappa shape index (κ2) is 5.01. The minimum absolute atomic E-state index is 0.305. The first-order chi connectivity index (χ1) is 9.19. The van der Waals surface area contributed by atoms with Gasteiger partial charge in [0, 0.05) is 11.4 Å². The van der Waals surface area contributed by atoms with Crippen LogP contribution in [0.4, 0.5) is 0 Å². The largest absolute Gasteiger partial charge is 0.367 e. The van der Waals surface area contributed by atoms with E-state index in [1.807, 2.05) is 32.0 Å². The fourth-order valence-corrected chi connectivity index (χ4v) is 3.78. The smallest absolute Gasteiger partial charge is 0.322 e. The first kappa shape index (κ1) is 15.3. The Morgan fingerprint density at radius 2 is 1.65 bits per heavy atom. The molecule has 0 saturated heterocycles. The second-order valence-corrected chi connectivity index (χ2v) is 6.84. The highest BCUT2D eigenvalue weighted by Gasteiger charge is 2.53. The topological polar surface area (TPSA) is 29.5 Å². The van der Waals surface area contributed by atoms with Crippen LogP contribution in [0.15, 0.2) is 34.8 Å². The average molecular weight is 338 g/mol. The molecule has 0 spiro atoms. The van der Waals surface area contributed by atoms with E-state index in [1.54, 1.807) is 5.06 Å². The van der Waals surface area contributed by atoms with E-state index in [0.717, 1.165) is 15.6 Å². The normalized spacial score (nSPS) is 21.1. The van der Waals surface area contributed by atoms with Gasteiger partial charge >= 0.3 is 5.97 Å². The summed E-state index contributed by atoms with van der Waals surface area (Å²) >= 11 is 3.72. The molecule has 0 radical (unpaired) electrons. The van der Waals surface area contributed by atoms with Crippen LogP contribution in [0.1, 0.15) is 40.2 Å². The van der Waals surface area contributed by atoms with Gasteiger partial charge in [0.15, 0.2) is 0 Å². The van der Waals surface area contributed by atoms with E-state index in [1.165, 1.54) is 6.92 Å². The Kier molecular flexibility index (Phi) is 3.82. The molecule has 2 rings (SSSR count). The van der Waals surface area contributed by atoms with Crippen molar-refractivity contribution < 1.29 is 9.63 Å². The van der Waals surface area contributed by atoms with Gasteiger partial charge in [0.05, 0.1) is 11.1 Å². The summed E-state index contributed by atoms with van der Waals surface area (Å²) in [5, 5.41) is 1.77. The van der Waals surface area contributed by atoms with Crippen molar-refractivity contribution in [3.63, 3.8) is 0 Å². The number of halogens is 1. The fourth-order valence-electron chi connectivity index (χ4n) is 2.91. The first-order valence-corrected chi connectivity index (χ1v) is 7.43. The molecule has 0 aliphatic carbocycles. The third kappa shape index (κ3) is 2.31. The van der Waals surface area contributed by atoms with Crippen molar-refractivity contribution in [3.05, 3.63) is 40.4 Å². The van der Waals surface area contributed by atoms with Crippen LogP contribution in [0.2, 0.25) is 0 Å². The summed E-state index contributed by atoms with van der Waals surface area (Å²) in [6.45, 7) is 9.64. The number of hydroxylamine groups is 2. The van der Waals surface area contributed by atoms with Gasteiger partial charge in [-0.15, -0.1) is 5.06 Å². The molecule has 0 unspecified atom stereocenters. The Morgan fingerprint density at radius 1 is 1.10 bits per heavy atom. The van der Waals surface area contributed by atoms with Crippen LogP contribution in [0.5, 0.6) is 0 Å². The van der Waals surface area contributed by atoms with E-state index >= 15 is 0 Å². The van der Waals surface area contributed by atoms with E-state index in [0.29, 0.717) is 0 Å². The third-order valence-electron chi connectivity index (χ3n) is 3.67. The van der Waals surface area contributed by atoms with Crippen molar-refractivity contribution in [2.45, 2.75) is 45.7 Å². The number of carbonyl (C=O) groups excluding carboxylic acids is 1. The van der Waals surface area contributed by atoms with Gasteiger partial charge in [-0.2, -0.15) is 0 Å². The van der Waals surface area contributed by atoms with Gasteiger partial charge in [-0.3, -0.25) is 4.79 Å². The summed E-state index contributed by atoms with van der Waals surface area (Å²) in [5.41, 5.74) is 1.46. The zero-order valence-corrected chi connectivity index (χ0v) is 14.1. The van der Waals surface area contributed by atoms with Gasteiger partial charge < -0.3 is 4.84 Å². The van der Waals surface area contributed by atoms with Crippen LogP contribution < -0.4 is 0 Å². The molecule has 20 heavy (non-hydrogen) atoms. The van der Waals surface area contributed by atoms with Crippen molar-refractivity contribution in [1.29, 1.82) is 0 Å². The Bertz CT molecular complexity index is 561. The molecule has 0 bridgehead atoms. The molecule has 1 aliphatic heterocycles. The van der Waals surface area contributed by atoms with Gasteiger partial charge in [-0.05, 0) is 38.8 Å². The molecule has 108 valence electrons. The van der Waals surface area contributed by atoms with Gasteiger partial charge in [-0.25, -0.2) is 0 Å². The van der Waals surface area contributed by atoms with Crippen molar-refractivity contribution >= 4 is 27.5 Å². The van der Waals surface area contributed by atoms with E-state index in [4.69, 9.17) is 4.84 Å². The third-order valence-corrected chi connectivity index (χ3v) is 5.03. The molecule has 0 amide bonds. The summed E-state index contributed by atoms with van der Waals surface area (Å²) in [7, 11) is 0. The molecule has 0 atom stereocenters. The summed E-state index contributed by atoms with van der Waals surface area (Å²) in [6.07, 6.45) is 0. The van der Waals surface area contributed by atoms with Crippen LogP contribution >= 0.6 is 15.9 Å². The van der Waals surface area contributed by atoms with Gasteiger partial charge in [-0.1, -0.05) is 46.3 Å². The lowest BCUT2D eigenvalue weighted by Crippen LogP contribution is -2.51. The predicted octanol–water partition coefficient (Wildman–Crippen LogP) is 4.14. The standard InChI is InChI=1S/C16H20BrNO2/c1-11(19)20-18-15(2,3)13(14(17)16(18,4)5)12-9-7-6-8-10-12/h6-10H,1-5H3. The molecular formula is C16H20BrNO2. The zero-order chi connectivity index (χ0) is 15.1. The summed E-state index contributed by atoms with van der Waals surface area (Å²) in [4.78, 5) is 16.9. The van der Waals surface area contributed by atoms with Crippen LogP contribution in [0.3, 0.4) is 0 Å². The lowest BCUT2D eigenvalue weighted by Gasteiger charge is -2.39. The molecule has 0 fully saturated rings. The van der Waals surface area contributed by atoms with E-state index in [-0.39, 0.29) is 5.97 Å². The van der Waals surface area contributed by atoms with Crippen LogP contribution in [0, 0.1) is 0 Å². The van der Waals surface area contributed by atoms with Crippen molar-refractivity contribution in [2.75, 3.05) is 0 Å². The maximum atomic E-state index is 11.4. The zero-order valence-electron chi connectivity index (χ0n) is 12.5. The Morgan fingerprint density at radius 3 is 2.15 bits per heavy atom. The minimum Gasteiger partial charge on any atom is -0.367 e. The van der Waals surface area contributed by atoms with Crippen molar-refractivity contribution in [2.24, 2.45) is 0 Å². The summed E-state index contributed by atoms with van der Waals surface area (Å²) in [5.74, 6) is -0.305. The molecular weight excluding hydrogens is 318 g/mol. The van der Waals surface area contributed by atoms with E-state index < -0.39 is 11.1 Å². The highest BCUT2D eigenvalue weighted by atomic mass is 79.9. The molecule has 0 aromatic heterocycles. The van der Waals surface area contributed by atoms with E-state index in [2.05, 4.69) is 41.9 Å². The number of hydrogen-bond acceptors (Lipinski definition) is 3. The van der Waals surface area contributed by atoms with Gasteiger partial charge in [0.25, 0.3) is 0 Å². The number of nitrogens with zero attached hydrogens (tertiary/aromatic N) is 1. The average Bonchev–Trinajstić information content (AvgIpc) is 2.48. The second-order valence-electron chi connectivity index (χ2n) is 6.05. The van der Waals surface area contributed by atoms with Crippen LogP contribution in [-0.4, -0.2) is 22.1 Å². The first-order valence-electron chi connectivity index (χ1n) is 6.64. The molecule has 1 aromatic rings. The van der Waals surface area contributed by atoms with Crippen molar-refractivity contribution in [1.82, 2.24) is 5.06 Å². The number of rotatable bonds is 2. The fraction of sp³-hybridized carbons (Fsp3) is 0.438. The lowest BCUT2D eigenvalue weighted by molar-refractivity contribution is -0.226. The number of benzene rings is 1. The maximum Gasteiger partial charge on any atom is 0.322 e. The summed E-state index contributed by atoms with van der Waals surface area (Å²) in [6, 6.07) is 10.2. The molecule has 1 aromatic carbocycles. The van der Waals surface area contributed by atoms with Crippen LogP contribution in [-0.2, 0) is 9.63 Å². The molecule has 0 saturated carbocycles. The van der Waals surface area contributed by atoms with Gasteiger partial charge in [0.2, 0.25) is 0 Å². The minimum atomic E-state index is -0.407. The highest BCUT2D eigenvalue weighted by molar-refractivity contribution is 9.12. The number of hydrogen-bond donors (Lipinski definition) is 0. The quantitative estimate of drug-likeness (QED) is 0.812. The molecule has 3 nitrogen and oxygen atoms in total. The van der Waals surface area contributed by atoms with Crippen LogP contribution in [0.25, 0.3) is 5.57 Å². The summed E-state index contributed by atoms with van der Waals surface area (Å²) < 4.78 is 1.04. The molecule has 4 heteroatoms. The molecule has 0 N–H and O–H groups in total. The van der Waals surface area contributed by atoms with Crippen molar-refractivity contribution in [3.8, 4) is 0 Å². The lowest BCUT2D eigenvalue weighted by atomic mass is 9.90. The van der Waals surface area contributed by atoms with Gasteiger partial charge in [0.1, 0.15) is 0 Å². The molecule has 1 heterocycles. The monoisotopic (exact) mass is 337 g/mol. The Balaban J connectivity index is 2.57. The molecule has 1 aliphatic rings.